The number of nitriles is 1. The molecule has 0 unspecified atom stereocenters. The number of rotatable bonds is 3. The Labute approximate surface area is 133 Å². The molecule has 0 atom stereocenters. The number of aliphatic imine (C=N–C) groups is 1. The predicted molar refractivity (Wildman–Crippen MR) is 91.1 cm³/mol. The molecule has 0 amide bonds. The molecule has 0 spiro atoms. The Morgan fingerprint density at radius 3 is 2.14 bits per heavy atom. The summed E-state index contributed by atoms with van der Waals surface area (Å²) in [7, 11) is 0. The Balaban J connectivity index is 2.08. The van der Waals surface area contributed by atoms with Crippen molar-refractivity contribution >= 4 is 34.4 Å². The summed E-state index contributed by atoms with van der Waals surface area (Å²) in [6.45, 7) is 2.08. The number of hydrogen-bond donors (Lipinski definition) is 1. The van der Waals surface area contributed by atoms with Gasteiger partial charge in [0, 0.05) is 9.79 Å². The Kier molecular flexibility index (Phi) is 5.73. The van der Waals surface area contributed by atoms with E-state index in [0.29, 0.717) is 5.17 Å². The van der Waals surface area contributed by atoms with Crippen LogP contribution < -0.4 is 5.32 Å². The Morgan fingerprint density at radius 2 is 1.62 bits per heavy atom. The Bertz CT molecular complexity index is 655. The minimum Gasteiger partial charge on any atom is -0.271 e. The van der Waals surface area contributed by atoms with Gasteiger partial charge < -0.3 is 0 Å². The first-order valence-corrected chi connectivity index (χ1v) is 8.38. The van der Waals surface area contributed by atoms with E-state index < -0.39 is 0 Å². The minimum atomic E-state index is 0.594. The van der Waals surface area contributed by atoms with Crippen molar-refractivity contribution in [1.29, 1.82) is 5.26 Å². The molecule has 0 saturated heterocycles. The summed E-state index contributed by atoms with van der Waals surface area (Å²) in [4.78, 5) is 6.74. The zero-order valence-corrected chi connectivity index (χ0v) is 13.5. The molecule has 3 nitrogen and oxygen atoms in total. The van der Waals surface area contributed by atoms with Gasteiger partial charge >= 0.3 is 0 Å². The van der Waals surface area contributed by atoms with Crippen molar-refractivity contribution in [3.63, 3.8) is 0 Å². The molecule has 0 radical (unpaired) electrons. The van der Waals surface area contributed by atoms with Gasteiger partial charge in [-0.1, -0.05) is 41.2 Å². The minimum absolute atomic E-state index is 0.594. The molecule has 0 saturated carbocycles. The van der Waals surface area contributed by atoms with Gasteiger partial charge in [-0.3, -0.25) is 5.32 Å². The van der Waals surface area contributed by atoms with Crippen molar-refractivity contribution in [2.24, 2.45) is 4.99 Å². The fourth-order valence-electron chi connectivity index (χ4n) is 1.62. The molecule has 0 aliphatic heterocycles. The molecule has 2 aromatic carbocycles. The third-order valence-corrected chi connectivity index (χ3v) is 4.28. The van der Waals surface area contributed by atoms with Crippen LogP contribution in [0.5, 0.6) is 0 Å². The molecule has 2 rings (SSSR count). The van der Waals surface area contributed by atoms with Gasteiger partial charge in [0.1, 0.15) is 0 Å². The molecule has 0 aliphatic rings. The van der Waals surface area contributed by atoms with Crippen LogP contribution in [-0.4, -0.2) is 11.4 Å². The lowest BCUT2D eigenvalue weighted by atomic mass is 10.2. The number of nitrogens with one attached hydrogen (secondary N) is 1. The van der Waals surface area contributed by atoms with Gasteiger partial charge in [0.2, 0.25) is 0 Å². The smallest absolute Gasteiger partial charge is 0.183 e. The second-order valence-electron chi connectivity index (χ2n) is 4.27. The van der Waals surface area contributed by atoms with Crippen LogP contribution in [0.2, 0.25) is 0 Å². The van der Waals surface area contributed by atoms with E-state index in [1.165, 1.54) is 22.2 Å². The monoisotopic (exact) mass is 313 g/mol. The molecular weight excluding hydrogens is 298 g/mol. The maximum Gasteiger partial charge on any atom is 0.183 e. The third kappa shape index (κ3) is 4.85. The average Bonchev–Trinajstić information content (AvgIpc) is 2.51. The van der Waals surface area contributed by atoms with Gasteiger partial charge in [-0.2, -0.15) is 5.26 Å². The van der Waals surface area contributed by atoms with Gasteiger partial charge in [-0.15, -0.1) is 0 Å². The summed E-state index contributed by atoms with van der Waals surface area (Å²) in [5.41, 5.74) is 2.09. The van der Waals surface area contributed by atoms with Crippen LogP contribution in [0.1, 0.15) is 5.56 Å². The van der Waals surface area contributed by atoms with Crippen molar-refractivity contribution in [1.82, 2.24) is 5.32 Å². The predicted octanol–water partition coefficient (Wildman–Crippen LogP) is 4.57. The van der Waals surface area contributed by atoms with Crippen molar-refractivity contribution in [2.45, 2.75) is 16.7 Å². The van der Waals surface area contributed by atoms with Crippen LogP contribution in [0, 0.1) is 18.4 Å². The zero-order chi connectivity index (χ0) is 15.1. The quantitative estimate of drug-likeness (QED) is 0.390. The molecule has 2 aromatic rings. The molecule has 21 heavy (non-hydrogen) atoms. The fourth-order valence-corrected chi connectivity index (χ4v) is 2.78. The van der Waals surface area contributed by atoms with E-state index in [-0.39, 0.29) is 0 Å². The second-order valence-corrected chi connectivity index (χ2v) is 6.21. The average molecular weight is 313 g/mol. The van der Waals surface area contributed by atoms with Crippen LogP contribution in [-0.2, 0) is 0 Å². The number of nitrogens with zero attached hydrogens (tertiary/aromatic N) is 2. The van der Waals surface area contributed by atoms with Gasteiger partial charge in [0.25, 0.3) is 0 Å². The van der Waals surface area contributed by atoms with E-state index in [1.807, 2.05) is 36.7 Å². The maximum atomic E-state index is 8.61. The zero-order valence-electron chi connectivity index (χ0n) is 11.8. The first-order chi connectivity index (χ1) is 10.2. The highest BCUT2D eigenvalue weighted by atomic mass is 32.2. The standard InChI is InChI=1S/C16H15N3S2/c1-12-3-7-14(8-4-12)21-15-9-5-13(6-10-15)19-16(20-2)18-11-17/h3-10H,1-2H3,(H,18,19). The maximum absolute atomic E-state index is 8.61. The topological polar surface area (TPSA) is 48.2 Å². The van der Waals surface area contributed by atoms with Gasteiger partial charge in [0.05, 0.1) is 5.69 Å². The van der Waals surface area contributed by atoms with Gasteiger partial charge in [-0.05, 0) is 49.6 Å². The Morgan fingerprint density at radius 1 is 1.05 bits per heavy atom. The number of benzene rings is 2. The molecule has 0 aromatic heterocycles. The summed E-state index contributed by atoms with van der Waals surface area (Å²) in [6, 6.07) is 16.4. The number of aryl methyl sites for hydroxylation is 1. The first kappa shape index (κ1) is 15.5. The van der Waals surface area contributed by atoms with E-state index >= 15 is 0 Å². The highest BCUT2D eigenvalue weighted by Gasteiger charge is 1.99. The summed E-state index contributed by atoms with van der Waals surface area (Å²) < 4.78 is 0. The van der Waals surface area contributed by atoms with Gasteiger partial charge in [0.15, 0.2) is 11.4 Å². The van der Waals surface area contributed by atoms with Crippen molar-refractivity contribution in [3.8, 4) is 6.19 Å². The molecule has 0 bridgehead atoms. The van der Waals surface area contributed by atoms with Crippen LogP contribution in [0.4, 0.5) is 5.69 Å². The lowest BCUT2D eigenvalue weighted by molar-refractivity contribution is 1.27. The normalized spacial score (nSPS) is 11.0. The van der Waals surface area contributed by atoms with E-state index in [1.54, 1.807) is 11.8 Å². The van der Waals surface area contributed by atoms with Crippen LogP contribution in [0.25, 0.3) is 0 Å². The molecule has 0 heterocycles. The summed E-state index contributed by atoms with van der Waals surface area (Å²) >= 11 is 3.13. The van der Waals surface area contributed by atoms with E-state index in [9.17, 15) is 0 Å². The van der Waals surface area contributed by atoms with E-state index in [4.69, 9.17) is 5.26 Å². The lowest BCUT2D eigenvalue weighted by Gasteiger charge is -2.03. The lowest BCUT2D eigenvalue weighted by Crippen LogP contribution is -2.12. The first-order valence-electron chi connectivity index (χ1n) is 6.33. The number of amidine groups is 1. The Hall–Kier alpha value is -1.90. The summed E-state index contributed by atoms with van der Waals surface area (Å²) in [5, 5.41) is 11.8. The number of thioether (sulfide) groups is 1. The van der Waals surface area contributed by atoms with Crippen LogP contribution in [0.15, 0.2) is 63.3 Å². The summed E-state index contributed by atoms with van der Waals surface area (Å²) in [5.74, 6) is 0. The van der Waals surface area contributed by atoms with E-state index in [0.717, 1.165) is 10.6 Å². The van der Waals surface area contributed by atoms with Crippen molar-refractivity contribution in [2.75, 3.05) is 6.26 Å². The SMILES string of the molecule is CSC(=Nc1ccc(Sc2ccc(C)cc2)cc1)NC#N. The van der Waals surface area contributed by atoms with E-state index in [2.05, 4.69) is 41.5 Å². The fraction of sp³-hybridized carbons (Fsp3) is 0.125. The second kappa shape index (κ2) is 7.77. The molecule has 106 valence electrons. The molecule has 0 fully saturated rings. The molecular formula is C16H15N3S2. The van der Waals surface area contributed by atoms with Gasteiger partial charge in [-0.25, -0.2) is 4.99 Å². The van der Waals surface area contributed by atoms with Crippen molar-refractivity contribution < 1.29 is 0 Å². The molecule has 5 heteroatoms. The highest BCUT2D eigenvalue weighted by molar-refractivity contribution is 8.13. The third-order valence-electron chi connectivity index (χ3n) is 2.68. The highest BCUT2D eigenvalue weighted by Crippen LogP contribution is 2.29. The summed E-state index contributed by atoms with van der Waals surface area (Å²) in [6.07, 6.45) is 3.76. The molecule has 0 aliphatic carbocycles. The van der Waals surface area contributed by atoms with Crippen LogP contribution >= 0.6 is 23.5 Å². The largest absolute Gasteiger partial charge is 0.271 e. The molecule has 1 N–H and O–H groups in total. The number of hydrogen-bond acceptors (Lipinski definition) is 4. The van der Waals surface area contributed by atoms with Crippen molar-refractivity contribution in [3.05, 3.63) is 54.1 Å². The van der Waals surface area contributed by atoms with Crippen LogP contribution in [0.3, 0.4) is 0 Å².